The highest BCUT2D eigenvalue weighted by Crippen LogP contribution is 2.29. The molecular formula is C17H26Cl2N6OS. The van der Waals surface area contributed by atoms with Crippen LogP contribution in [0.4, 0.5) is 0 Å². The molecule has 1 fully saturated rings. The first-order valence-electron chi connectivity index (χ1n) is 9.13. The number of likely N-dealkylation sites (tertiary alicyclic amines) is 1. The summed E-state index contributed by atoms with van der Waals surface area (Å²) < 4.78 is 2.26. The van der Waals surface area contributed by atoms with Crippen LogP contribution in [0.15, 0.2) is 6.20 Å². The van der Waals surface area contributed by atoms with Crippen LogP contribution in [-0.4, -0.2) is 50.2 Å². The van der Waals surface area contributed by atoms with Crippen molar-refractivity contribution in [2.45, 2.75) is 51.6 Å². The average Bonchev–Trinajstić information content (AvgIpc) is 3.29. The number of carbonyl (C=O) groups excluding carboxylic acids is 1. The Morgan fingerprint density at radius 1 is 1.26 bits per heavy atom. The normalized spacial score (nSPS) is 17.0. The van der Waals surface area contributed by atoms with E-state index < -0.39 is 0 Å². The van der Waals surface area contributed by atoms with E-state index in [0.717, 1.165) is 79.9 Å². The summed E-state index contributed by atoms with van der Waals surface area (Å²) in [6.45, 7) is 6.41. The number of nitrogens with one attached hydrogen (secondary N) is 1. The number of piperidine rings is 1. The Morgan fingerprint density at radius 2 is 2.04 bits per heavy atom. The molecule has 10 heteroatoms. The summed E-state index contributed by atoms with van der Waals surface area (Å²) in [5, 5.41) is 13.1. The molecule has 2 aromatic heterocycles. The summed E-state index contributed by atoms with van der Waals surface area (Å²) in [7, 11) is 0. The van der Waals surface area contributed by atoms with Crippen molar-refractivity contribution in [3.8, 4) is 0 Å². The van der Waals surface area contributed by atoms with Crippen LogP contribution >= 0.6 is 36.2 Å². The summed E-state index contributed by atoms with van der Waals surface area (Å²) in [6.07, 6.45) is 5.67. The minimum absolute atomic E-state index is 0. The Bertz CT molecular complexity index is 756. The highest BCUT2D eigenvalue weighted by molar-refractivity contribution is 7.13. The number of halogens is 2. The Labute approximate surface area is 175 Å². The summed E-state index contributed by atoms with van der Waals surface area (Å²) >= 11 is 1.54. The maximum absolute atomic E-state index is 12.7. The quantitative estimate of drug-likeness (QED) is 0.803. The molecule has 0 aliphatic carbocycles. The van der Waals surface area contributed by atoms with E-state index in [4.69, 9.17) is 0 Å². The van der Waals surface area contributed by atoms with Gasteiger partial charge in [0.25, 0.3) is 5.91 Å². The molecule has 0 saturated carbocycles. The largest absolute Gasteiger partial charge is 0.338 e. The number of aryl methyl sites for hydroxylation is 1. The summed E-state index contributed by atoms with van der Waals surface area (Å²) in [5.74, 6) is 2.67. The lowest BCUT2D eigenvalue weighted by atomic mass is 9.95. The van der Waals surface area contributed by atoms with Crippen LogP contribution in [0.1, 0.15) is 58.4 Å². The molecule has 2 aliphatic rings. The predicted molar refractivity (Wildman–Crippen MR) is 110 cm³/mol. The molecular weight excluding hydrogens is 407 g/mol. The number of hydrogen-bond donors (Lipinski definition) is 1. The zero-order valence-electron chi connectivity index (χ0n) is 15.4. The minimum Gasteiger partial charge on any atom is -0.338 e. The fourth-order valence-electron chi connectivity index (χ4n) is 3.65. The number of fused-ring (bicyclic) bond motifs is 1. The third kappa shape index (κ3) is 4.62. The second-order valence-corrected chi connectivity index (χ2v) is 7.85. The Kier molecular flexibility index (Phi) is 8.03. The van der Waals surface area contributed by atoms with Gasteiger partial charge >= 0.3 is 0 Å². The van der Waals surface area contributed by atoms with Gasteiger partial charge in [0.15, 0.2) is 0 Å². The molecule has 2 aromatic rings. The first-order valence-corrected chi connectivity index (χ1v) is 9.94. The van der Waals surface area contributed by atoms with Crippen LogP contribution in [0.2, 0.25) is 0 Å². The molecule has 2 aliphatic heterocycles. The monoisotopic (exact) mass is 432 g/mol. The van der Waals surface area contributed by atoms with E-state index >= 15 is 0 Å². The maximum atomic E-state index is 12.7. The van der Waals surface area contributed by atoms with E-state index in [2.05, 4.69) is 32.0 Å². The standard InChI is InChI=1S/C17H24N6OS.2ClH/c1-2-3-15-19-10-13(25-15)17(24)22-7-4-12(5-8-22)16-21-20-14-11-18-6-9-23(14)16;;/h10,12,18H,2-9,11H2,1H3;2*1H. The molecule has 0 aromatic carbocycles. The number of thiazole rings is 1. The zero-order valence-corrected chi connectivity index (χ0v) is 17.8. The number of nitrogens with zero attached hydrogens (tertiary/aromatic N) is 5. The average molecular weight is 433 g/mol. The third-order valence-corrected chi connectivity index (χ3v) is 6.07. The Hall–Kier alpha value is -1.22. The molecule has 7 nitrogen and oxygen atoms in total. The van der Waals surface area contributed by atoms with Crippen LogP contribution in [0, 0.1) is 0 Å². The van der Waals surface area contributed by atoms with Crippen molar-refractivity contribution in [2.75, 3.05) is 19.6 Å². The van der Waals surface area contributed by atoms with Crippen molar-refractivity contribution in [1.29, 1.82) is 0 Å². The molecule has 1 saturated heterocycles. The van der Waals surface area contributed by atoms with E-state index in [1.54, 1.807) is 17.5 Å². The zero-order chi connectivity index (χ0) is 17.2. The second-order valence-electron chi connectivity index (χ2n) is 6.74. The number of aromatic nitrogens is 4. The van der Waals surface area contributed by atoms with E-state index in [-0.39, 0.29) is 30.7 Å². The van der Waals surface area contributed by atoms with Gasteiger partial charge in [0.1, 0.15) is 16.5 Å². The summed E-state index contributed by atoms with van der Waals surface area (Å²) in [5.41, 5.74) is 0. The van der Waals surface area contributed by atoms with Gasteiger partial charge in [0.05, 0.1) is 17.7 Å². The molecule has 1 N–H and O–H groups in total. The number of amides is 1. The molecule has 0 unspecified atom stereocenters. The minimum atomic E-state index is 0. The van der Waals surface area contributed by atoms with Crippen LogP contribution in [0.5, 0.6) is 0 Å². The topological polar surface area (TPSA) is 75.9 Å². The molecule has 0 bridgehead atoms. The van der Waals surface area contributed by atoms with Crippen LogP contribution in [-0.2, 0) is 19.5 Å². The van der Waals surface area contributed by atoms with E-state index in [0.29, 0.717) is 5.92 Å². The molecule has 0 spiro atoms. The van der Waals surface area contributed by atoms with Gasteiger partial charge in [0.2, 0.25) is 0 Å². The third-order valence-electron chi connectivity index (χ3n) is 5.03. The van der Waals surface area contributed by atoms with Gasteiger partial charge in [-0.2, -0.15) is 0 Å². The number of hydrogen-bond acceptors (Lipinski definition) is 6. The van der Waals surface area contributed by atoms with Gasteiger partial charge in [-0.05, 0) is 25.7 Å². The van der Waals surface area contributed by atoms with Crippen LogP contribution < -0.4 is 5.32 Å². The van der Waals surface area contributed by atoms with Crippen molar-refractivity contribution in [1.82, 2.24) is 30.0 Å². The van der Waals surface area contributed by atoms with Crippen LogP contribution in [0.25, 0.3) is 0 Å². The molecule has 4 rings (SSSR count). The lowest BCUT2D eigenvalue weighted by molar-refractivity contribution is 0.0714. The Morgan fingerprint density at radius 3 is 2.78 bits per heavy atom. The van der Waals surface area contributed by atoms with Gasteiger partial charge in [-0.25, -0.2) is 4.98 Å². The SMILES string of the molecule is CCCc1ncc(C(=O)N2CCC(c3nnc4n3CCNC4)CC2)s1.Cl.Cl. The van der Waals surface area contributed by atoms with Crippen molar-refractivity contribution in [3.63, 3.8) is 0 Å². The van der Waals surface area contributed by atoms with Crippen molar-refractivity contribution < 1.29 is 4.79 Å². The lowest BCUT2D eigenvalue weighted by Crippen LogP contribution is -2.38. The first kappa shape index (κ1) is 22.1. The Balaban J connectivity index is 0.00000131. The molecule has 150 valence electrons. The first-order chi connectivity index (χ1) is 12.3. The predicted octanol–water partition coefficient (Wildman–Crippen LogP) is 2.65. The van der Waals surface area contributed by atoms with Crippen molar-refractivity contribution in [2.24, 2.45) is 0 Å². The highest BCUT2D eigenvalue weighted by atomic mass is 35.5. The van der Waals surface area contributed by atoms with E-state index in [9.17, 15) is 4.79 Å². The fourth-order valence-corrected chi connectivity index (χ4v) is 4.64. The fraction of sp³-hybridized carbons (Fsp3) is 0.647. The maximum Gasteiger partial charge on any atom is 0.265 e. The van der Waals surface area contributed by atoms with Crippen molar-refractivity contribution in [3.05, 3.63) is 27.7 Å². The molecule has 0 atom stereocenters. The molecule has 27 heavy (non-hydrogen) atoms. The molecule has 0 radical (unpaired) electrons. The number of rotatable bonds is 4. The van der Waals surface area contributed by atoms with Gasteiger partial charge in [0, 0.05) is 32.1 Å². The molecule has 4 heterocycles. The molecule has 1 amide bonds. The van der Waals surface area contributed by atoms with Crippen molar-refractivity contribution >= 4 is 42.1 Å². The van der Waals surface area contributed by atoms with Gasteiger partial charge in [-0.3, -0.25) is 4.79 Å². The lowest BCUT2D eigenvalue weighted by Gasteiger charge is -2.31. The van der Waals surface area contributed by atoms with Gasteiger partial charge < -0.3 is 14.8 Å². The highest BCUT2D eigenvalue weighted by Gasteiger charge is 2.29. The van der Waals surface area contributed by atoms with Gasteiger partial charge in [-0.1, -0.05) is 6.92 Å². The smallest absolute Gasteiger partial charge is 0.265 e. The van der Waals surface area contributed by atoms with Gasteiger partial charge in [-0.15, -0.1) is 46.3 Å². The van der Waals surface area contributed by atoms with E-state index in [1.807, 2.05) is 4.90 Å². The van der Waals surface area contributed by atoms with Crippen LogP contribution in [0.3, 0.4) is 0 Å². The number of carbonyl (C=O) groups is 1. The second kappa shape index (κ2) is 9.82. The van der Waals surface area contributed by atoms with E-state index in [1.165, 1.54) is 0 Å². The summed E-state index contributed by atoms with van der Waals surface area (Å²) in [4.78, 5) is 19.8. The summed E-state index contributed by atoms with van der Waals surface area (Å²) in [6, 6.07) is 0.